The number of halogens is 1. The highest BCUT2D eigenvalue weighted by Gasteiger charge is 2.24. The molecule has 0 saturated carbocycles. The van der Waals surface area contributed by atoms with Crippen LogP contribution in [0.15, 0.2) is 12.3 Å². The Hall–Kier alpha value is -2.30. The highest BCUT2D eigenvalue weighted by Crippen LogP contribution is 2.24. The van der Waals surface area contributed by atoms with E-state index in [1.165, 1.54) is 6.20 Å². The van der Waals surface area contributed by atoms with Crippen molar-refractivity contribution in [2.75, 3.05) is 49.3 Å². The lowest BCUT2D eigenvalue weighted by Crippen LogP contribution is -2.38. The fourth-order valence-corrected chi connectivity index (χ4v) is 3.21. The van der Waals surface area contributed by atoms with Crippen molar-refractivity contribution in [3.63, 3.8) is 0 Å². The zero-order valence-corrected chi connectivity index (χ0v) is 14.3. The Kier molecular flexibility index (Phi) is 4.70. The largest absolute Gasteiger partial charge is 0.393 e. The molecule has 4 rings (SSSR count). The first-order valence-electron chi connectivity index (χ1n) is 8.61. The van der Waals surface area contributed by atoms with Gasteiger partial charge in [0.05, 0.1) is 50.5 Å². The first kappa shape index (κ1) is 17.1. The van der Waals surface area contributed by atoms with Crippen LogP contribution in [0.1, 0.15) is 17.5 Å². The van der Waals surface area contributed by atoms with Gasteiger partial charge in [0.25, 0.3) is 0 Å². The number of aliphatic hydroxyl groups excluding tert-OH is 2. The van der Waals surface area contributed by atoms with Crippen molar-refractivity contribution in [1.82, 2.24) is 19.7 Å². The number of anilines is 2. The Morgan fingerprint density at radius 3 is 2.77 bits per heavy atom. The Morgan fingerprint density at radius 2 is 2.00 bits per heavy atom. The van der Waals surface area contributed by atoms with E-state index in [1.807, 2.05) is 9.80 Å². The van der Waals surface area contributed by atoms with Gasteiger partial charge in [-0.15, -0.1) is 0 Å². The molecule has 9 nitrogen and oxygen atoms in total. The molecule has 2 aliphatic rings. The van der Waals surface area contributed by atoms with Crippen LogP contribution in [0.25, 0.3) is 0 Å². The van der Waals surface area contributed by atoms with Crippen LogP contribution >= 0.6 is 0 Å². The minimum atomic E-state index is -0.989. The predicted molar refractivity (Wildman–Crippen MR) is 90.3 cm³/mol. The van der Waals surface area contributed by atoms with Crippen LogP contribution in [-0.2, 0) is 17.8 Å². The topological polar surface area (TPSA) is 99.8 Å². The molecule has 2 aliphatic heterocycles. The van der Waals surface area contributed by atoms with Gasteiger partial charge in [-0.3, -0.25) is 4.68 Å². The summed E-state index contributed by atoms with van der Waals surface area (Å²) in [5, 5.41) is 23.1. The summed E-state index contributed by atoms with van der Waals surface area (Å²) in [6.07, 6.45) is 0.219. The number of aliphatic hydroxyl groups is 2. The standard InChI is InChI=1S/C16H21FN6O3/c17-12-8-18-16(19-15(12)21-3-5-26-6-4-21)22-1-2-23-11(9-22)7-13(20-23)14(25)10-24/h7-8,14,24-25H,1-6,9-10H2/t14-/m1/s1. The summed E-state index contributed by atoms with van der Waals surface area (Å²) in [6, 6.07) is 1.76. The van der Waals surface area contributed by atoms with E-state index in [-0.39, 0.29) is 6.61 Å². The molecule has 2 aromatic rings. The summed E-state index contributed by atoms with van der Waals surface area (Å²) in [6.45, 7) is 3.66. The molecule has 0 aliphatic carbocycles. The van der Waals surface area contributed by atoms with E-state index in [9.17, 15) is 9.50 Å². The fraction of sp³-hybridized carbons (Fsp3) is 0.562. The van der Waals surface area contributed by atoms with E-state index < -0.39 is 11.9 Å². The number of hydrogen-bond acceptors (Lipinski definition) is 8. The molecule has 4 heterocycles. The van der Waals surface area contributed by atoms with Gasteiger partial charge in [0.1, 0.15) is 6.10 Å². The number of hydrogen-bond donors (Lipinski definition) is 2. The summed E-state index contributed by atoms with van der Waals surface area (Å²) < 4.78 is 21.3. The van der Waals surface area contributed by atoms with Crippen LogP contribution in [0, 0.1) is 5.82 Å². The second-order valence-electron chi connectivity index (χ2n) is 6.34. The Balaban J connectivity index is 1.56. The van der Waals surface area contributed by atoms with Gasteiger partial charge in [-0.2, -0.15) is 10.1 Å². The van der Waals surface area contributed by atoms with Gasteiger partial charge >= 0.3 is 0 Å². The molecule has 0 radical (unpaired) electrons. The zero-order valence-electron chi connectivity index (χ0n) is 14.3. The van der Waals surface area contributed by atoms with E-state index in [2.05, 4.69) is 15.1 Å². The van der Waals surface area contributed by atoms with Gasteiger partial charge in [0.15, 0.2) is 11.6 Å². The summed E-state index contributed by atoms with van der Waals surface area (Å²) in [5.41, 5.74) is 1.33. The highest BCUT2D eigenvalue weighted by molar-refractivity contribution is 5.46. The highest BCUT2D eigenvalue weighted by atomic mass is 19.1. The minimum Gasteiger partial charge on any atom is -0.393 e. The Bertz CT molecular complexity index is 779. The van der Waals surface area contributed by atoms with Gasteiger partial charge in [-0.25, -0.2) is 9.37 Å². The van der Waals surface area contributed by atoms with Crippen molar-refractivity contribution < 1.29 is 19.3 Å². The number of rotatable bonds is 4. The van der Waals surface area contributed by atoms with Crippen molar-refractivity contribution in [2.45, 2.75) is 19.2 Å². The van der Waals surface area contributed by atoms with Crippen LogP contribution in [0.2, 0.25) is 0 Å². The first-order chi connectivity index (χ1) is 12.7. The molecular formula is C16H21FN6O3. The second-order valence-corrected chi connectivity index (χ2v) is 6.34. The lowest BCUT2D eigenvalue weighted by molar-refractivity contribution is 0.0916. The molecule has 0 bridgehead atoms. The summed E-state index contributed by atoms with van der Waals surface area (Å²) in [5.74, 6) is 0.324. The van der Waals surface area contributed by atoms with Gasteiger partial charge < -0.3 is 24.7 Å². The maximum atomic E-state index is 14.2. The minimum absolute atomic E-state index is 0.300. The molecule has 140 valence electrons. The molecule has 1 fully saturated rings. The molecule has 10 heteroatoms. The summed E-state index contributed by atoms with van der Waals surface area (Å²) >= 11 is 0. The van der Waals surface area contributed by atoms with Crippen molar-refractivity contribution in [1.29, 1.82) is 0 Å². The third kappa shape index (κ3) is 3.22. The number of ether oxygens (including phenoxy) is 1. The number of nitrogens with zero attached hydrogens (tertiary/aromatic N) is 6. The summed E-state index contributed by atoms with van der Waals surface area (Å²) in [4.78, 5) is 12.4. The third-order valence-electron chi connectivity index (χ3n) is 4.64. The van der Waals surface area contributed by atoms with E-state index in [4.69, 9.17) is 9.84 Å². The maximum Gasteiger partial charge on any atom is 0.227 e. The zero-order chi connectivity index (χ0) is 18.1. The average molecular weight is 364 g/mol. The molecular weight excluding hydrogens is 343 g/mol. The molecule has 1 atom stereocenters. The summed E-state index contributed by atoms with van der Waals surface area (Å²) in [7, 11) is 0. The van der Waals surface area contributed by atoms with Crippen LogP contribution < -0.4 is 9.80 Å². The SMILES string of the molecule is OC[C@@H](O)c1cc2n(n1)CCN(c1ncc(F)c(N3CCOCC3)n1)C2. The monoisotopic (exact) mass is 364 g/mol. The van der Waals surface area contributed by atoms with E-state index in [0.29, 0.717) is 63.4 Å². The maximum absolute atomic E-state index is 14.2. The van der Waals surface area contributed by atoms with Gasteiger partial charge in [-0.1, -0.05) is 0 Å². The average Bonchev–Trinajstić information content (AvgIpc) is 3.11. The lowest BCUT2D eigenvalue weighted by atomic mass is 10.2. The molecule has 0 spiro atoms. The van der Waals surface area contributed by atoms with Crippen LogP contribution in [0.4, 0.5) is 16.2 Å². The third-order valence-corrected chi connectivity index (χ3v) is 4.64. The van der Waals surface area contributed by atoms with Crippen LogP contribution in [0.5, 0.6) is 0 Å². The molecule has 0 aromatic carbocycles. The molecule has 2 N–H and O–H groups in total. The van der Waals surface area contributed by atoms with Gasteiger partial charge in [-0.05, 0) is 6.07 Å². The lowest BCUT2D eigenvalue weighted by Gasteiger charge is -2.30. The van der Waals surface area contributed by atoms with Crippen molar-refractivity contribution in [3.8, 4) is 0 Å². The Morgan fingerprint density at radius 1 is 1.19 bits per heavy atom. The van der Waals surface area contributed by atoms with Crippen LogP contribution in [0.3, 0.4) is 0 Å². The number of morpholine rings is 1. The quantitative estimate of drug-likeness (QED) is 0.763. The number of aromatic nitrogens is 4. The molecule has 2 aromatic heterocycles. The second kappa shape index (κ2) is 7.14. The number of fused-ring (bicyclic) bond motifs is 1. The predicted octanol–water partition coefficient (Wildman–Crippen LogP) is -0.305. The van der Waals surface area contributed by atoms with E-state index in [0.717, 1.165) is 5.69 Å². The molecule has 0 unspecified atom stereocenters. The van der Waals surface area contributed by atoms with Gasteiger partial charge in [0, 0.05) is 19.6 Å². The Labute approximate surface area is 149 Å². The molecule has 0 amide bonds. The van der Waals surface area contributed by atoms with Gasteiger partial charge in [0.2, 0.25) is 5.95 Å². The van der Waals surface area contributed by atoms with E-state index in [1.54, 1.807) is 10.7 Å². The normalized spacial score (nSPS) is 18.7. The van der Waals surface area contributed by atoms with Crippen molar-refractivity contribution in [2.24, 2.45) is 0 Å². The van der Waals surface area contributed by atoms with Crippen molar-refractivity contribution in [3.05, 3.63) is 29.5 Å². The fourth-order valence-electron chi connectivity index (χ4n) is 3.21. The molecule has 1 saturated heterocycles. The smallest absolute Gasteiger partial charge is 0.227 e. The molecule has 26 heavy (non-hydrogen) atoms. The van der Waals surface area contributed by atoms with Crippen LogP contribution in [-0.4, -0.2) is 69.4 Å². The first-order valence-corrected chi connectivity index (χ1v) is 8.61. The van der Waals surface area contributed by atoms with E-state index >= 15 is 0 Å². The van der Waals surface area contributed by atoms with Crippen molar-refractivity contribution >= 4 is 11.8 Å².